The number of nitro groups is 1. The molecule has 134 valence electrons. The van der Waals surface area contributed by atoms with Crippen molar-refractivity contribution in [2.75, 3.05) is 13.3 Å². The molecule has 1 aromatic rings. The Balaban J connectivity index is 2.02. The van der Waals surface area contributed by atoms with Crippen molar-refractivity contribution in [1.82, 2.24) is 10.6 Å². The van der Waals surface area contributed by atoms with Gasteiger partial charge in [-0.05, 0) is 32.9 Å². The van der Waals surface area contributed by atoms with Gasteiger partial charge in [-0.3, -0.25) is 19.7 Å². The van der Waals surface area contributed by atoms with Crippen LogP contribution in [0.4, 0.5) is 5.69 Å². The summed E-state index contributed by atoms with van der Waals surface area (Å²) in [5.41, 5.74) is -0.410. The van der Waals surface area contributed by atoms with Crippen LogP contribution in [0.3, 0.4) is 0 Å². The lowest BCUT2D eigenvalue weighted by Crippen LogP contribution is -2.45. The van der Waals surface area contributed by atoms with Gasteiger partial charge in [0.2, 0.25) is 18.6 Å². The number of ether oxygens (including phenoxy) is 2. The molecular weight excluding hydrogens is 330 g/mol. The van der Waals surface area contributed by atoms with Crippen LogP contribution in [0.1, 0.15) is 26.3 Å². The lowest BCUT2D eigenvalue weighted by atomic mass is 10.1. The molecule has 0 saturated heterocycles. The van der Waals surface area contributed by atoms with Gasteiger partial charge in [-0.2, -0.15) is 0 Å². The predicted molar refractivity (Wildman–Crippen MR) is 89.2 cm³/mol. The molecular formula is C16H19N3O6. The number of carbonyl (C=O) groups is 2. The number of hydrogen-bond acceptors (Lipinski definition) is 6. The Morgan fingerprint density at radius 1 is 1.28 bits per heavy atom. The average Bonchev–Trinajstić information content (AvgIpc) is 2.95. The number of benzene rings is 1. The predicted octanol–water partition coefficient (Wildman–Crippen LogP) is 1.37. The van der Waals surface area contributed by atoms with Gasteiger partial charge in [0.15, 0.2) is 11.5 Å². The van der Waals surface area contributed by atoms with E-state index in [1.54, 1.807) is 0 Å². The smallest absolute Gasteiger partial charge is 0.280 e. The Kier molecular flexibility index (Phi) is 5.26. The molecule has 2 N–H and O–H groups in total. The minimum Gasteiger partial charge on any atom is -0.454 e. The third kappa shape index (κ3) is 5.20. The van der Waals surface area contributed by atoms with E-state index in [4.69, 9.17) is 9.47 Å². The molecule has 0 radical (unpaired) electrons. The van der Waals surface area contributed by atoms with Gasteiger partial charge in [-0.15, -0.1) is 0 Å². The van der Waals surface area contributed by atoms with Crippen LogP contribution in [-0.2, 0) is 9.59 Å². The molecule has 0 spiro atoms. The molecule has 0 aliphatic carbocycles. The van der Waals surface area contributed by atoms with Crippen LogP contribution >= 0.6 is 0 Å². The van der Waals surface area contributed by atoms with Crippen molar-refractivity contribution in [3.63, 3.8) is 0 Å². The molecule has 0 saturated carbocycles. The van der Waals surface area contributed by atoms with Crippen molar-refractivity contribution in [2.45, 2.75) is 26.3 Å². The fourth-order valence-electron chi connectivity index (χ4n) is 2.09. The standard InChI is InChI=1S/C16H19N3O6/c1-16(2,3)18-15(21)8-17-14(20)5-4-10-6-12-13(25-9-24-12)7-11(10)19(22)23/h4-7H,8-9H2,1-3H3,(H,17,20)(H,18,21)/b5-4+. The molecule has 0 atom stereocenters. The molecule has 1 heterocycles. The number of nitrogens with zero attached hydrogens (tertiary/aromatic N) is 1. The molecule has 2 rings (SSSR count). The summed E-state index contributed by atoms with van der Waals surface area (Å²) in [4.78, 5) is 34.0. The number of rotatable bonds is 5. The first-order valence-corrected chi connectivity index (χ1v) is 7.51. The third-order valence-electron chi connectivity index (χ3n) is 3.07. The summed E-state index contributed by atoms with van der Waals surface area (Å²) in [7, 11) is 0. The molecule has 9 heteroatoms. The van der Waals surface area contributed by atoms with Crippen LogP contribution in [0.15, 0.2) is 18.2 Å². The SMILES string of the molecule is CC(C)(C)NC(=O)CNC(=O)/C=C/c1cc2c(cc1[N+](=O)[O-])OCO2. The monoisotopic (exact) mass is 349 g/mol. The number of fused-ring (bicyclic) bond motifs is 1. The summed E-state index contributed by atoms with van der Waals surface area (Å²) in [6.07, 6.45) is 2.41. The van der Waals surface area contributed by atoms with Gasteiger partial charge in [0, 0.05) is 11.6 Å². The summed E-state index contributed by atoms with van der Waals surface area (Å²) in [6, 6.07) is 2.67. The van der Waals surface area contributed by atoms with Crippen molar-refractivity contribution in [2.24, 2.45) is 0 Å². The Labute approximate surface area is 144 Å². The number of carbonyl (C=O) groups excluding carboxylic acids is 2. The molecule has 0 fully saturated rings. The van der Waals surface area contributed by atoms with E-state index < -0.39 is 16.4 Å². The lowest BCUT2D eigenvalue weighted by Gasteiger charge is -2.20. The van der Waals surface area contributed by atoms with Gasteiger partial charge in [0.1, 0.15) is 0 Å². The van der Waals surface area contributed by atoms with E-state index in [-0.39, 0.29) is 36.2 Å². The van der Waals surface area contributed by atoms with E-state index in [1.807, 2.05) is 20.8 Å². The number of nitrogens with one attached hydrogen (secondary N) is 2. The Hall–Kier alpha value is -3.10. The van der Waals surface area contributed by atoms with Gasteiger partial charge in [0.05, 0.1) is 23.1 Å². The molecule has 25 heavy (non-hydrogen) atoms. The van der Waals surface area contributed by atoms with Crippen LogP contribution < -0.4 is 20.1 Å². The highest BCUT2D eigenvalue weighted by atomic mass is 16.7. The maximum absolute atomic E-state index is 11.8. The summed E-state index contributed by atoms with van der Waals surface area (Å²) in [5, 5.41) is 16.3. The van der Waals surface area contributed by atoms with Gasteiger partial charge < -0.3 is 20.1 Å². The van der Waals surface area contributed by atoms with Crippen LogP contribution in [0.2, 0.25) is 0 Å². The van der Waals surface area contributed by atoms with E-state index in [1.165, 1.54) is 18.2 Å². The number of amides is 2. The van der Waals surface area contributed by atoms with Crippen LogP contribution in [0.5, 0.6) is 11.5 Å². The second-order valence-corrected chi connectivity index (χ2v) is 6.37. The molecule has 1 aromatic carbocycles. The molecule has 2 amide bonds. The van der Waals surface area contributed by atoms with Crippen molar-refractivity contribution < 1.29 is 24.0 Å². The van der Waals surface area contributed by atoms with Crippen molar-refractivity contribution in [3.05, 3.63) is 33.9 Å². The van der Waals surface area contributed by atoms with Gasteiger partial charge in [-0.1, -0.05) is 0 Å². The second-order valence-electron chi connectivity index (χ2n) is 6.37. The zero-order valence-electron chi connectivity index (χ0n) is 14.1. The quantitative estimate of drug-likeness (QED) is 0.471. The summed E-state index contributed by atoms with van der Waals surface area (Å²) in [6.45, 7) is 5.27. The zero-order valence-corrected chi connectivity index (χ0v) is 14.1. The average molecular weight is 349 g/mol. The van der Waals surface area contributed by atoms with Crippen LogP contribution in [0.25, 0.3) is 6.08 Å². The largest absolute Gasteiger partial charge is 0.454 e. The second kappa shape index (κ2) is 7.20. The van der Waals surface area contributed by atoms with Crippen LogP contribution in [-0.4, -0.2) is 35.6 Å². The van der Waals surface area contributed by atoms with E-state index in [0.717, 1.165) is 6.08 Å². The lowest BCUT2D eigenvalue weighted by molar-refractivity contribution is -0.385. The fraction of sp³-hybridized carbons (Fsp3) is 0.375. The van der Waals surface area contributed by atoms with Crippen molar-refractivity contribution >= 4 is 23.6 Å². The molecule has 0 bridgehead atoms. The Morgan fingerprint density at radius 2 is 1.92 bits per heavy atom. The highest BCUT2D eigenvalue weighted by molar-refractivity contribution is 5.95. The highest BCUT2D eigenvalue weighted by Crippen LogP contribution is 2.38. The fourth-order valence-corrected chi connectivity index (χ4v) is 2.09. The summed E-state index contributed by atoms with van der Waals surface area (Å²) in [5.74, 6) is -0.221. The third-order valence-corrected chi connectivity index (χ3v) is 3.07. The Bertz CT molecular complexity index is 736. The molecule has 1 aliphatic heterocycles. The topological polar surface area (TPSA) is 120 Å². The Morgan fingerprint density at radius 3 is 2.52 bits per heavy atom. The first-order chi connectivity index (χ1) is 11.7. The van der Waals surface area contributed by atoms with Crippen molar-refractivity contribution in [3.8, 4) is 11.5 Å². The zero-order chi connectivity index (χ0) is 18.6. The maximum atomic E-state index is 11.8. The maximum Gasteiger partial charge on any atom is 0.280 e. The van der Waals surface area contributed by atoms with Crippen molar-refractivity contribution in [1.29, 1.82) is 0 Å². The minimum atomic E-state index is -0.573. The van der Waals surface area contributed by atoms with Gasteiger partial charge in [-0.25, -0.2) is 0 Å². The molecule has 0 unspecified atom stereocenters. The van der Waals surface area contributed by atoms with Gasteiger partial charge >= 0.3 is 0 Å². The van der Waals surface area contributed by atoms with E-state index in [9.17, 15) is 19.7 Å². The summed E-state index contributed by atoms with van der Waals surface area (Å²) < 4.78 is 10.3. The normalized spacial score (nSPS) is 12.9. The number of nitro benzene ring substituents is 1. The first-order valence-electron chi connectivity index (χ1n) is 7.51. The van der Waals surface area contributed by atoms with E-state index in [2.05, 4.69) is 10.6 Å². The van der Waals surface area contributed by atoms with Gasteiger partial charge in [0.25, 0.3) is 5.69 Å². The summed E-state index contributed by atoms with van der Waals surface area (Å²) >= 11 is 0. The molecule has 0 aromatic heterocycles. The first kappa shape index (κ1) is 18.2. The van der Waals surface area contributed by atoms with E-state index in [0.29, 0.717) is 5.75 Å². The molecule has 1 aliphatic rings. The van der Waals surface area contributed by atoms with Crippen LogP contribution in [0, 0.1) is 10.1 Å². The molecule has 9 nitrogen and oxygen atoms in total. The van der Waals surface area contributed by atoms with E-state index >= 15 is 0 Å². The highest BCUT2D eigenvalue weighted by Gasteiger charge is 2.22. The number of hydrogen-bond donors (Lipinski definition) is 2. The minimum absolute atomic E-state index is 0.0109.